The molecule has 1 aliphatic heterocycles. The lowest BCUT2D eigenvalue weighted by molar-refractivity contribution is 0.198. The first-order valence-corrected chi connectivity index (χ1v) is 3.01. The molecule has 0 fully saturated rings. The molecule has 0 bridgehead atoms. The number of carbonyl (C=O) groups excluding carboxylic acids is 1. The van der Waals surface area contributed by atoms with Crippen LogP contribution in [0.2, 0.25) is 0 Å². The Morgan fingerprint density at radius 2 is 2.70 bits per heavy atom. The fourth-order valence-electron chi connectivity index (χ4n) is 0.567. The minimum Gasteiger partial charge on any atom is -0.337 e. The predicted molar refractivity (Wildman–Crippen MR) is 35.0 cm³/mol. The van der Waals surface area contributed by atoms with Crippen molar-refractivity contribution in [1.82, 2.24) is 21.3 Å². The van der Waals surface area contributed by atoms with Crippen LogP contribution in [0.3, 0.4) is 0 Å². The van der Waals surface area contributed by atoms with Crippen molar-refractivity contribution in [1.29, 1.82) is 0 Å². The smallest absolute Gasteiger partial charge is 0.337 e. The molecule has 1 radical (unpaired) electrons. The summed E-state index contributed by atoms with van der Waals surface area (Å²) < 4.78 is 0. The third kappa shape index (κ3) is 1.38. The molecule has 0 aliphatic carbocycles. The molecule has 0 atom stereocenters. The van der Waals surface area contributed by atoms with E-state index in [-0.39, 0.29) is 6.03 Å². The average Bonchev–Trinajstić information content (AvgIpc) is 2.38. The molecule has 5 nitrogen and oxygen atoms in total. The molecule has 1 heterocycles. The van der Waals surface area contributed by atoms with Crippen LogP contribution >= 0.6 is 0 Å². The maximum atomic E-state index is 10.9. The summed E-state index contributed by atoms with van der Waals surface area (Å²) in [5, 5.41) is 3.87. The summed E-state index contributed by atoms with van der Waals surface area (Å²) in [6.07, 6.45) is 4.07. The Morgan fingerprint density at radius 1 is 1.90 bits per heavy atom. The number of hydrazine groups is 2. The number of carbonyl (C=O) groups is 1. The van der Waals surface area contributed by atoms with Crippen LogP contribution in [0.5, 0.6) is 0 Å². The summed E-state index contributed by atoms with van der Waals surface area (Å²) in [7, 11) is 0. The summed E-state index contributed by atoms with van der Waals surface area (Å²) in [6.45, 7) is 2.47. The van der Waals surface area contributed by atoms with Gasteiger partial charge in [-0.1, -0.05) is 0 Å². The van der Waals surface area contributed by atoms with Gasteiger partial charge in [0.2, 0.25) is 0 Å². The number of urea groups is 1. The molecule has 0 unspecified atom stereocenters. The highest BCUT2D eigenvalue weighted by molar-refractivity contribution is 5.74. The van der Waals surface area contributed by atoms with E-state index >= 15 is 0 Å². The van der Waals surface area contributed by atoms with Gasteiger partial charge < -0.3 is 5.32 Å². The van der Waals surface area contributed by atoms with Gasteiger partial charge in [0.1, 0.15) is 0 Å². The minimum atomic E-state index is -0.194. The molecule has 0 aromatic carbocycles. The summed E-state index contributed by atoms with van der Waals surface area (Å²) in [6, 6.07) is -0.194. The molecule has 1 aliphatic rings. The van der Waals surface area contributed by atoms with Gasteiger partial charge in [0.25, 0.3) is 0 Å². The van der Waals surface area contributed by atoms with Crippen LogP contribution < -0.4 is 16.3 Å². The zero-order valence-corrected chi connectivity index (χ0v) is 5.64. The van der Waals surface area contributed by atoms with Crippen molar-refractivity contribution >= 4 is 6.03 Å². The van der Waals surface area contributed by atoms with E-state index in [1.165, 1.54) is 11.2 Å². The second-order valence-corrected chi connectivity index (χ2v) is 1.72. The molecule has 1 rings (SSSR count). The molecule has 10 heavy (non-hydrogen) atoms. The van der Waals surface area contributed by atoms with Crippen LogP contribution in [0.25, 0.3) is 0 Å². The van der Waals surface area contributed by atoms with Crippen LogP contribution in [0.15, 0.2) is 6.20 Å². The number of amides is 2. The van der Waals surface area contributed by atoms with Gasteiger partial charge in [0.05, 0.1) is 12.4 Å². The molecule has 0 spiro atoms. The van der Waals surface area contributed by atoms with Crippen LogP contribution in [-0.2, 0) is 0 Å². The highest BCUT2D eigenvalue weighted by Gasteiger charge is 2.10. The van der Waals surface area contributed by atoms with Crippen molar-refractivity contribution in [3.63, 3.8) is 0 Å². The molecule has 55 valence electrons. The van der Waals surface area contributed by atoms with Gasteiger partial charge in [-0.05, 0) is 6.92 Å². The van der Waals surface area contributed by atoms with E-state index in [4.69, 9.17) is 0 Å². The molecule has 3 N–H and O–H groups in total. The van der Waals surface area contributed by atoms with Crippen molar-refractivity contribution in [3.05, 3.63) is 12.4 Å². The Bertz CT molecular complexity index is 156. The Hall–Kier alpha value is -1.23. The number of nitrogens with one attached hydrogen (secondary N) is 3. The van der Waals surface area contributed by atoms with Crippen molar-refractivity contribution in [2.45, 2.75) is 6.92 Å². The Kier molecular flexibility index (Phi) is 2.11. The average molecular weight is 141 g/mol. The Morgan fingerprint density at radius 3 is 3.20 bits per heavy atom. The topological polar surface area (TPSA) is 56.4 Å². The van der Waals surface area contributed by atoms with E-state index in [1.54, 1.807) is 0 Å². The highest BCUT2D eigenvalue weighted by atomic mass is 16.2. The van der Waals surface area contributed by atoms with Gasteiger partial charge in [-0.3, -0.25) is 5.43 Å². The van der Waals surface area contributed by atoms with Gasteiger partial charge in [0, 0.05) is 6.54 Å². The third-order valence-electron chi connectivity index (χ3n) is 0.989. The number of rotatable bonds is 1. The molecular weight excluding hydrogens is 132 g/mol. The van der Waals surface area contributed by atoms with Gasteiger partial charge in [-0.15, -0.1) is 5.53 Å². The molecule has 5 heteroatoms. The second-order valence-electron chi connectivity index (χ2n) is 1.72. The van der Waals surface area contributed by atoms with Crippen LogP contribution in [0.1, 0.15) is 6.92 Å². The molecule has 0 aromatic rings. The van der Waals surface area contributed by atoms with Crippen molar-refractivity contribution in [3.8, 4) is 0 Å². The van der Waals surface area contributed by atoms with Gasteiger partial charge in [-0.2, -0.15) is 0 Å². The zero-order chi connectivity index (χ0) is 7.40. The van der Waals surface area contributed by atoms with E-state index in [0.717, 1.165) is 0 Å². The monoisotopic (exact) mass is 141 g/mol. The maximum absolute atomic E-state index is 10.9. The number of nitrogens with zero attached hydrogens (tertiary/aromatic N) is 1. The summed E-state index contributed by atoms with van der Waals surface area (Å²) in [5.41, 5.74) is 5.07. The molecule has 0 aromatic heterocycles. The quantitative estimate of drug-likeness (QED) is 0.453. The van der Waals surface area contributed by atoms with Gasteiger partial charge in [0.15, 0.2) is 0 Å². The summed E-state index contributed by atoms with van der Waals surface area (Å²) in [4.78, 5) is 10.9. The Labute approximate surface area is 59.0 Å². The van der Waals surface area contributed by atoms with Crippen molar-refractivity contribution < 1.29 is 4.79 Å². The highest BCUT2D eigenvalue weighted by Crippen LogP contribution is 1.87. The lowest BCUT2D eigenvalue weighted by Crippen LogP contribution is -2.45. The van der Waals surface area contributed by atoms with E-state index in [2.05, 4.69) is 22.5 Å². The van der Waals surface area contributed by atoms with E-state index in [1.807, 2.05) is 6.92 Å². The fourth-order valence-corrected chi connectivity index (χ4v) is 0.567. The number of hydrogen-bond donors (Lipinski definition) is 3. The molecule has 0 saturated carbocycles. The van der Waals surface area contributed by atoms with Crippen molar-refractivity contribution in [2.75, 3.05) is 6.54 Å². The van der Waals surface area contributed by atoms with E-state index in [9.17, 15) is 4.79 Å². The summed E-state index contributed by atoms with van der Waals surface area (Å²) in [5.74, 6) is 0. The van der Waals surface area contributed by atoms with Gasteiger partial charge >= 0.3 is 6.03 Å². The fraction of sp³-hybridized carbons (Fsp3) is 0.400. The number of hydrogen-bond acceptors (Lipinski definition) is 3. The molecule has 0 saturated heterocycles. The van der Waals surface area contributed by atoms with Crippen molar-refractivity contribution in [2.24, 2.45) is 0 Å². The Balaban J connectivity index is 2.33. The SMILES string of the molecule is CCNC(=O)N1C=[C]NN1. The standard InChI is InChI=1S/C5H9N4O/c1-2-6-5(10)9-4-3-7-8-9/h4,7-8H,2H2,1H3,(H,6,10). The second kappa shape index (κ2) is 3.07. The molecular formula is C5H9N4O. The first-order chi connectivity index (χ1) is 4.84. The van der Waals surface area contributed by atoms with Gasteiger partial charge in [-0.25, -0.2) is 9.80 Å². The minimum absolute atomic E-state index is 0.194. The van der Waals surface area contributed by atoms with E-state index in [0.29, 0.717) is 6.54 Å². The van der Waals surface area contributed by atoms with Crippen LogP contribution in [0, 0.1) is 6.20 Å². The zero-order valence-electron chi connectivity index (χ0n) is 5.64. The lowest BCUT2D eigenvalue weighted by atomic mass is 10.7. The molecule has 2 amide bonds. The first-order valence-electron chi connectivity index (χ1n) is 3.01. The normalized spacial score (nSPS) is 15.1. The maximum Gasteiger partial charge on any atom is 0.337 e. The van der Waals surface area contributed by atoms with Crippen LogP contribution in [-0.4, -0.2) is 17.6 Å². The summed E-state index contributed by atoms with van der Waals surface area (Å²) >= 11 is 0. The van der Waals surface area contributed by atoms with Crippen LogP contribution in [0.4, 0.5) is 4.79 Å². The largest absolute Gasteiger partial charge is 0.337 e. The predicted octanol–water partition coefficient (Wildman–Crippen LogP) is -0.685. The first kappa shape index (κ1) is 6.88. The lowest BCUT2D eigenvalue weighted by Gasteiger charge is -2.12. The van der Waals surface area contributed by atoms with E-state index < -0.39 is 0 Å². The third-order valence-corrected chi connectivity index (χ3v) is 0.989.